The summed E-state index contributed by atoms with van der Waals surface area (Å²) in [5, 5.41) is 8.86. The van der Waals surface area contributed by atoms with Gasteiger partial charge in [0.25, 0.3) is 0 Å². The molecule has 6 heteroatoms. The van der Waals surface area contributed by atoms with Crippen molar-refractivity contribution in [3.8, 4) is 0 Å². The van der Waals surface area contributed by atoms with E-state index >= 15 is 0 Å². The molecule has 0 unspecified atom stereocenters. The van der Waals surface area contributed by atoms with Crippen LogP contribution in [0.3, 0.4) is 0 Å². The van der Waals surface area contributed by atoms with Crippen LogP contribution >= 0.6 is 0 Å². The average Bonchev–Trinajstić information content (AvgIpc) is 3.11. The van der Waals surface area contributed by atoms with Gasteiger partial charge < -0.3 is 10.2 Å². The van der Waals surface area contributed by atoms with Crippen molar-refractivity contribution < 1.29 is 0 Å². The molecule has 6 nitrogen and oxygen atoms in total. The van der Waals surface area contributed by atoms with Crippen molar-refractivity contribution in [2.24, 2.45) is 7.05 Å². The molecule has 1 aromatic carbocycles. The molecular weight excluding hydrogens is 336 g/mol. The van der Waals surface area contributed by atoms with E-state index in [1.54, 1.807) is 4.68 Å². The van der Waals surface area contributed by atoms with Crippen molar-refractivity contribution in [2.45, 2.75) is 6.54 Å². The van der Waals surface area contributed by atoms with E-state index in [2.05, 4.69) is 55.6 Å². The fraction of sp³-hybridized carbons (Fsp3) is 0.190. The van der Waals surface area contributed by atoms with Gasteiger partial charge in [0.15, 0.2) is 5.65 Å². The van der Waals surface area contributed by atoms with Gasteiger partial charge in [0.2, 0.25) is 0 Å². The molecule has 3 aromatic heterocycles. The highest BCUT2D eigenvalue weighted by Crippen LogP contribution is 2.20. The third-order valence-corrected chi connectivity index (χ3v) is 4.52. The van der Waals surface area contributed by atoms with Gasteiger partial charge in [0, 0.05) is 44.8 Å². The van der Waals surface area contributed by atoms with Crippen LogP contribution in [0, 0.1) is 0 Å². The SMILES string of the molecule is Cn1ncc2c(NCCN(Cc3ccccc3)c3ccccn3)ccnc21. The lowest BCUT2D eigenvalue weighted by atomic mass is 10.2. The Morgan fingerprint density at radius 1 is 0.963 bits per heavy atom. The highest BCUT2D eigenvalue weighted by atomic mass is 15.3. The molecule has 3 heterocycles. The Balaban J connectivity index is 1.48. The number of rotatable bonds is 7. The second kappa shape index (κ2) is 7.86. The number of hydrogen-bond acceptors (Lipinski definition) is 5. The summed E-state index contributed by atoms with van der Waals surface area (Å²) >= 11 is 0. The highest BCUT2D eigenvalue weighted by Gasteiger charge is 2.10. The predicted molar refractivity (Wildman–Crippen MR) is 109 cm³/mol. The number of hydrogen-bond donors (Lipinski definition) is 1. The zero-order valence-corrected chi connectivity index (χ0v) is 15.3. The number of fused-ring (bicyclic) bond motifs is 1. The molecule has 0 atom stereocenters. The Morgan fingerprint density at radius 2 is 1.81 bits per heavy atom. The maximum absolute atomic E-state index is 4.53. The Kier molecular flexibility index (Phi) is 4.96. The molecule has 0 aliphatic carbocycles. The lowest BCUT2D eigenvalue weighted by Gasteiger charge is -2.24. The topological polar surface area (TPSA) is 58.9 Å². The van der Waals surface area contributed by atoms with Crippen molar-refractivity contribution >= 4 is 22.5 Å². The maximum atomic E-state index is 4.53. The number of benzene rings is 1. The molecular formula is C21H22N6. The molecule has 0 aliphatic rings. The van der Waals surface area contributed by atoms with Crippen LogP contribution in [0.25, 0.3) is 11.0 Å². The molecule has 0 radical (unpaired) electrons. The van der Waals surface area contributed by atoms with E-state index < -0.39 is 0 Å². The number of aromatic nitrogens is 4. The normalized spacial score (nSPS) is 10.9. The van der Waals surface area contributed by atoms with Gasteiger partial charge in [-0.15, -0.1) is 0 Å². The fourth-order valence-corrected chi connectivity index (χ4v) is 3.15. The summed E-state index contributed by atoms with van der Waals surface area (Å²) in [6, 6.07) is 18.5. The quantitative estimate of drug-likeness (QED) is 0.548. The third kappa shape index (κ3) is 3.89. The first-order chi connectivity index (χ1) is 13.3. The van der Waals surface area contributed by atoms with Gasteiger partial charge in [-0.3, -0.25) is 4.68 Å². The first kappa shape index (κ1) is 17.0. The Hall–Kier alpha value is -3.41. The lowest BCUT2D eigenvalue weighted by Crippen LogP contribution is -2.29. The molecule has 0 aliphatic heterocycles. The highest BCUT2D eigenvalue weighted by molar-refractivity contribution is 5.88. The van der Waals surface area contributed by atoms with E-state index in [1.165, 1.54) is 5.56 Å². The molecule has 0 saturated heterocycles. The minimum absolute atomic E-state index is 0.789. The van der Waals surface area contributed by atoms with Crippen LogP contribution in [-0.4, -0.2) is 32.8 Å². The third-order valence-electron chi connectivity index (χ3n) is 4.52. The van der Waals surface area contributed by atoms with E-state index in [0.29, 0.717) is 0 Å². The first-order valence-electron chi connectivity index (χ1n) is 9.02. The van der Waals surface area contributed by atoms with Crippen LogP contribution in [0.1, 0.15) is 5.56 Å². The number of nitrogens with zero attached hydrogens (tertiary/aromatic N) is 5. The molecule has 4 rings (SSSR count). The summed E-state index contributed by atoms with van der Waals surface area (Å²) in [4.78, 5) is 11.2. The Morgan fingerprint density at radius 3 is 2.63 bits per heavy atom. The Labute approximate surface area is 158 Å². The van der Waals surface area contributed by atoms with Crippen LogP contribution in [0.5, 0.6) is 0 Å². The molecule has 0 spiro atoms. The minimum Gasteiger partial charge on any atom is -0.383 e. The van der Waals surface area contributed by atoms with E-state index in [0.717, 1.165) is 42.2 Å². The van der Waals surface area contributed by atoms with Crippen LogP contribution < -0.4 is 10.2 Å². The maximum Gasteiger partial charge on any atom is 0.159 e. The van der Waals surface area contributed by atoms with E-state index in [1.807, 2.05) is 49.9 Å². The predicted octanol–water partition coefficient (Wildman–Crippen LogP) is 3.48. The summed E-state index contributed by atoms with van der Waals surface area (Å²) in [5.74, 6) is 0.976. The summed E-state index contributed by atoms with van der Waals surface area (Å²) in [6.07, 6.45) is 5.50. The average molecular weight is 358 g/mol. The van der Waals surface area contributed by atoms with Crippen molar-refractivity contribution in [1.29, 1.82) is 0 Å². The lowest BCUT2D eigenvalue weighted by molar-refractivity contribution is 0.786. The van der Waals surface area contributed by atoms with E-state index in [9.17, 15) is 0 Å². The van der Waals surface area contributed by atoms with Gasteiger partial charge in [-0.25, -0.2) is 9.97 Å². The summed E-state index contributed by atoms with van der Waals surface area (Å²) in [5.41, 5.74) is 3.20. The molecule has 27 heavy (non-hydrogen) atoms. The zero-order valence-electron chi connectivity index (χ0n) is 15.3. The molecule has 0 fully saturated rings. The van der Waals surface area contributed by atoms with Crippen molar-refractivity contribution in [2.75, 3.05) is 23.3 Å². The standard InChI is InChI=1S/C21H22N6/c1-26-21-18(15-25-26)19(10-12-24-21)22-13-14-27(20-9-5-6-11-23-20)16-17-7-3-2-4-8-17/h2-12,15H,13-14,16H2,1H3,(H,22,24). The number of nitrogens with one attached hydrogen (secondary N) is 1. The van der Waals surface area contributed by atoms with Crippen molar-refractivity contribution in [3.63, 3.8) is 0 Å². The molecule has 0 bridgehead atoms. The van der Waals surface area contributed by atoms with Gasteiger partial charge in [0.05, 0.1) is 11.6 Å². The van der Waals surface area contributed by atoms with Crippen LogP contribution in [0.2, 0.25) is 0 Å². The van der Waals surface area contributed by atoms with Gasteiger partial charge in [-0.05, 0) is 23.8 Å². The molecule has 0 amide bonds. The van der Waals surface area contributed by atoms with Crippen LogP contribution in [0.15, 0.2) is 73.2 Å². The van der Waals surface area contributed by atoms with Gasteiger partial charge in [0.1, 0.15) is 5.82 Å². The van der Waals surface area contributed by atoms with E-state index in [-0.39, 0.29) is 0 Å². The summed E-state index contributed by atoms with van der Waals surface area (Å²) < 4.78 is 1.79. The number of anilines is 2. The summed E-state index contributed by atoms with van der Waals surface area (Å²) in [6.45, 7) is 2.44. The molecule has 0 saturated carbocycles. The van der Waals surface area contributed by atoms with Crippen LogP contribution in [-0.2, 0) is 13.6 Å². The molecule has 136 valence electrons. The van der Waals surface area contributed by atoms with Crippen LogP contribution in [0.4, 0.5) is 11.5 Å². The van der Waals surface area contributed by atoms with Gasteiger partial charge in [-0.1, -0.05) is 36.4 Å². The van der Waals surface area contributed by atoms with Gasteiger partial charge in [-0.2, -0.15) is 5.10 Å². The minimum atomic E-state index is 0.789. The number of pyridine rings is 2. The summed E-state index contributed by atoms with van der Waals surface area (Å²) in [7, 11) is 1.90. The van der Waals surface area contributed by atoms with Crippen molar-refractivity contribution in [3.05, 3.63) is 78.8 Å². The van der Waals surface area contributed by atoms with Gasteiger partial charge >= 0.3 is 0 Å². The second-order valence-electron chi connectivity index (χ2n) is 6.39. The first-order valence-corrected chi connectivity index (χ1v) is 9.02. The van der Waals surface area contributed by atoms with Crippen molar-refractivity contribution in [1.82, 2.24) is 19.7 Å². The molecule has 1 N–H and O–H groups in total. The molecule has 4 aromatic rings. The fourth-order valence-electron chi connectivity index (χ4n) is 3.15. The smallest absolute Gasteiger partial charge is 0.159 e. The second-order valence-corrected chi connectivity index (χ2v) is 6.39. The van der Waals surface area contributed by atoms with E-state index in [4.69, 9.17) is 0 Å². The monoisotopic (exact) mass is 358 g/mol. The zero-order chi connectivity index (χ0) is 18.5. The number of aryl methyl sites for hydroxylation is 1. The Bertz CT molecular complexity index is 997. The largest absolute Gasteiger partial charge is 0.383 e.